The average molecular weight is 357 g/mol. The highest BCUT2D eigenvalue weighted by atomic mass is 35.5. The fourth-order valence-corrected chi connectivity index (χ4v) is 2.82. The maximum Gasteiger partial charge on any atom is 0.244 e. The van der Waals surface area contributed by atoms with Crippen molar-refractivity contribution in [2.75, 3.05) is 40.5 Å². The molecule has 1 rings (SSSR count). The van der Waals surface area contributed by atoms with Crippen molar-refractivity contribution in [3.63, 3.8) is 0 Å². The molecule has 128 valence electrons. The Morgan fingerprint density at radius 1 is 1.23 bits per heavy atom. The Hall–Kier alpha value is -0.930. The summed E-state index contributed by atoms with van der Waals surface area (Å²) in [5, 5.41) is 2.92. The van der Waals surface area contributed by atoms with E-state index in [0.29, 0.717) is 19.6 Å². The van der Waals surface area contributed by atoms with Crippen molar-refractivity contribution in [3.05, 3.63) is 24.0 Å². The van der Waals surface area contributed by atoms with Crippen LogP contribution in [0.1, 0.15) is 6.42 Å². The van der Waals surface area contributed by atoms with Gasteiger partial charge in [0.15, 0.2) is 0 Å². The Balaban J connectivity index is 0.00000441. The summed E-state index contributed by atoms with van der Waals surface area (Å²) in [6.45, 7) is 1.44. The van der Waals surface area contributed by atoms with Crippen LogP contribution in [0.25, 0.3) is 0 Å². The highest BCUT2D eigenvalue weighted by Crippen LogP contribution is 2.24. The Kier molecular flexibility index (Phi) is 10.3. The number of methoxy groups -OCH3 is 1. The molecule has 0 radical (unpaired) electrons. The second kappa shape index (κ2) is 10.7. The minimum atomic E-state index is -3.81. The summed E-state index contributed by atoms with van der Waals surface area (Å²) in [6.07, 6.45) is 0.630. The number of rotatable bonds is 10. The number of sulfonamides is 1. The summed E-state index contributed by atoms with van der Waals surface area (Å²) in [7, 11) is -0.525. The molecule has 0 bridgehead atoms. The van der Waals surface area contributed by atoms with Gasteiger partial charge in [-0.3, -0.25) is 0 Å². The molecule has 0 atom stereocenters. The first-order chi connectivity index (χ1) is 10.0. The number of hydrogen-bond acceptors (Lipinski definition) is 5. The van der Waals surface area contributed by atoms with Gasteiger partial charge in [-0.05, 0) is 38.2 Å². The summed E-state index contributed by atoms with van der Waals surface area (Å²) in [5.74, 6) is -0.528. The topological polar surface area (TPSA) is 76.7 Å². The van der Waals surface area contributed by atoms with Gasteiger partial charge in [0.05, 0.1) is 6.61 Å². The molecule has 0 heterocycles. The summed E-state index contributed by atoms with van der Waals surface area (Å²) in [4.78, 5) is -0.205. The van der Waals surface area contributed by atoms with Gasteiger partial charge < -0.3 is 14.8 Å². The normalized spacial score (nSPS) is 11.0. The Labute approximate surface area is 136 Å². The van der Waals surface area contributed by atoms with Crippen LogP contribution in [0.5, 0.6) is 5.75 Å². The van der Waals surface area contributed by atoms with Gasteiger partial charge in [-0.2, -0.15) is 0 Å². The maximum absolute atomic E-state index is 13.3. The van der Waals surface area contributed by atoms with E-state index in [1.54, 1.807) is 7.05 Å². The second-order valence-electron chi connectivity index (χ2n) is 4.29. The van der Waals surface area contributed by atoms with Crippen molar-refractivity contribution in [1.29, 1.82) is 0 Å². The quantitative estimate of drug-likeness (QED) is 0.615. The van der Waals surface area contributed by atoms with Crippen molar-refractivity contribution in [3.8, 4) is 5.75 Å². The summed E-state index contributed by atoms with van der Waals surface area (Å²) >= 11 is 0. The summed E-state index contributed by atoms with van der Waals surface area (Å²) in [6, 6.07) is 3.40. The predicted octanol–water partition coefficient (Wildman–Crippen LogP) is 1.16. The van der Waals surface area contributed by atoms with Crippen molar-refractivity contribution in [2.45, 2.75) is 11.3 Å². The van der Waals surface area contributed by atoms with Crippen LogP contribution in [-0.2, 0) is 14.8 Å². The van der Waals surface area contributed by atoms with E-state index < -0.39 is 15.8 Å². The number of halogens is 2. The third-order valence-corrected chi connectivity index (χ3v) is 4.12. The molecule has 0 aromatic heterocycles. The molecule has 0 aliphatic carbocycles. The zero-order valence-corrected chi connectivity index (χ0v) is 14.2. The lowest BCUT2D eigenvalue weighted by molar-refractivity contribution is 0.144. The summed E-state index contributed by atoms with van der Waals surface area (Å²) < 4.78 is 50.3. The van der Waals surface area contributed by atoms with E-state index in [1.165, 1.54) is 13.2 Å². The molecule has 0 unspecified atom stereocenters. The molecule has 0 saturated carbocycles. The predicted molar refractivity (Wildman–Crippen MR) is 84.8 cm³/mol. The van der Waals surface area contributed by atoms with Crippen LogP contribution < -0.4 is 14.8 Å². The first-order valence-electron chi connectivity index (χ1n) is 6.57. The molecule has 0 fully saturated rings. The molecule has 9 heteroatoms. The molecule has 0 aliphatic rings. The van der Waals surface area contributed by atoms with E-state index in [-0.39, 0.29) is 36.2 Å². The zero-order chi connectivity index (χ0) is 15.7. The van der Waals surface area contributed by atoms with Gasteiger partial charge in [0.2, 0.25) is 10.0 Å². The van der Waals surface area contributed by atoms with Gasteiger partial charge in [0.25, 0.3) is 0 Å². The molecule has 22 heavy (non-hydrogen) atoms. The monoisotopic (exact) mass is 356 g/mol. The molecule has 2 N–H and O–H groups in total. The van der Waals surface area contributed by atoms with Crippen molar-refractivity contribution in [1.82, 2.24) is 10.0 Å². The largest absolute Gasteiger partial charge is 0.490 e. The molecule has 0 aliphatic heterocycles. The molecule has 1 aromatic rings. The van der Waals surface area contributed by atoms with Crippen molar-refractivity contribution < 1.29 is 22.3 Å². The van der Waals surface area contributed by atoms with Gasteiger partial charge in [-0.25, -0.2) is 17.5 Å². The Morgan fingerprint density at radius 3 is 2.59 bits per heavy atom. The standard InChI is InChI=1S/C13H21FN2O4S.ClH/c1-15-6-3-7-16-21(17,18)13-10-11(14)4-5-12(13)20-9-8-19-2;/h4-5,10,15-16H,3,6-9H2,1-2H3;1H. The van der Waals surface area contributed by atoms with Crippen LogP contribution in [-0.4, -0.2) is 48.9 Å². The first kappa shape index (κ1) is 21.1. The van der Waals surface area contributed by atoms with Crippen LogP contribution in [0.2, 0.25) is 0 Å². The Morgan fingerprint density at radius 2 is 1.95 bits per heavy atom. The molecule has 0 amide bonds. The smallest absolute Gasteiger partial charge is 0.244 e. The van der Waals surface area contributed by atoms with E-state index in [1.807, 2.05) is 0 Å². The van der Waals surface area contributed by atoms with Crippen LogP contribution >= 0.6 is 12.4 Å². The minimum Gasteiger partial charge on any atom is -0.490 e. The van der Waals surface area contributed by atoms with E-state index >= 15 is 0 Å². The molecular weight excluding hydrogens is 335 g/mol. The van der Waals surface area contributed by atoms with Crippen molar-refractivity contribution >= 4 is 22.4 Å². The van der Waals surface area contributed by atoms with Crippen molar-refractivity contribution in [2.24, 2.45) is 0 Å². The van der Waals surface area contributed by atoms with Crippen LogP contribution in [0.3, 0.4) is 0 Å². The van der Waals surface area contributed by atoms with E-state index in [4.69, 9.17) is 9.47 Å². The zero-order valence-electron chi connectivity index (χ0n) is 12.6. The van der Waals surface area contributed by atoms with Gasteiger partial charge in [0.1, 0.15) is 23.1 Å². The van der Waals surface area contributed by atoms with Gasteiger partial charge in [0, 0.05) is 13.7 Å². The third-order valence-electron chi connectivity index (χ3n) is 2.64. The number of benzene rings is 1. The highest BCUT2D eigenvalue weighted by molar-refractivity contribution is 7.89. The second-order valence-corrected chi connectivity index (χ2v) is 6.02. The first-order valence-corrected chi connectivity index (χ1v) is 8.05. The molecule has 0 saturated heterocycles. The van der Waals surface area contributed by atoms with Crippen LogP contribution in [0.4, 0.5) is 4.39 Å². The molecular formula is C13H22ClFN2O4S. The third kappa shape index (κ3) is 6.89. The average Bonchev–Trinajstić information content (AvgIpc) is 2.45. The van der Waals surface area contributed by atoms with Crippen LogP contribution in [0, 0.1) is 5.82 Å². The van der Waals surface area contributed by atoms with E-state index in [0.717, 1.165) is 12.1 Å². The molecule has 0 spiro atoms. The number of nitrogens with one attached hydrogen (secondary N) is 2. The van der Waals surface area contributed by atoms with Gasteiger partial charge >= 0.3 is 0 Å². The minimum absolute atomic E-state index is 0. The van der Waals surface area contributed by atoms with Crippen LogP contribution in [0.15, 0.2) is 23.1 Å². The fraction of sp³-hybridized carbons (Fsp3) is 0.538. The van der Waals surface area contributed by atoms with Gasteiger partial charge in [-0.15, -0.1) is 12.4 Å². The lowest BCUT2D eigenvalue weighted by Gasteiger charge is -2.12. The Bertz CT molecular complexity index is 543. The SMILES string of the molecule is CNCCCNS(=O)(=O)c1cc(F)ccc1OCCOC.Cl. The molecule has 1 aromatic carbocycles. The number of hydrogen-bond donors (Lipinski definition) is 2. The fourth-order valence-electron chi connectivity index (χ4n) is 1.60. The number of ether oxygens (including phenoxy) is 2. The lowest BCUT2D eigenvalue weighted by atomic mass is 10.3. The summed E-state index contributed by atoms with van der Waals surface area (Å²) in [5.41, 5.74) is 0. The van der Waals surface area contributed by atoms with Gasteiger partial charge in [-0.1, -0.05) is 0 Å². The maximum atomic E-state index is 13.3. The molecule has 6 nitrogen and oxygen atoms in total. The van der Waals surface area contributed by atoms with E-state index in [2.05, 4.69) is 10.0 Å². The lowest BCUT2D eigenvalue weighted by Crippen LogP contribution is -2.27. The van der Waals surface area contributed by atoms with E-state index in [9.17, 15) is 12.8 Å². The highest BCUT2D eigenvalue weighted by Gasteiger charge is 2.20.